The monoisotopic (exact) mass is 229 g/mol. The van der Waals surface area contributed by atoms with Gasteiger partial charge >= 0.3 is 0 Å². The van der Waals surface area contributed by atoms with E-state index in [2.05, 4.69) is 19.9 Å². The largest absolute Gasteiger partial charge is 0.399 e. The summed E-state index contributed by atoms with van der Waals surface area (Å²) >= 11 is 0. The zero-order valence-electron chi connectivity index (χ0n) is 10.1. The molecule has 0 fully saturated rings. The van der Waals surface area contributed by atoms with Crippen molar-refractivity contribution < 1.29 is 4.39 Å². The molecule has 0 saturated carbocycles. The SMILES string of the molecule is CC(C)c1cc(N)cc(-c2ccc(F)cc2)c1. The smallest absolute Gasteiger partial charge is 0.123 e. The fraction of sp³-hybridized carbons (Fsp3) is 0.200. The Morgan fingerprint density at radius 2 is 1.59 bits per heavy atom. The Bertz CT molecular complexity index is 515. The molecule has 0 unspecified atom stereocenters. The summed E-state index contributed by atoms with van der Waals surface area (Å²) < 4.78 is 12.9. The first-order chi connectivity index (χ1) is 8.06. The van der Waals surface area contributed by atoms with E-state index in [1.165, 1.54) is 17.7 Å². The van der Waals surface area contributed by atoms with Gasteiger partial charge in [-0.3, -0.25) is 0 Å². The second-order valence-electron chi connectivity index (χ2n) is 4.55. The molecule has 2 aromatic rings. The van der Waals surface area contributed by atoms with Crippen LogP contribution < -0.4 is 5.73 Å². The molecule has 2 aromatic carbocycles. The molecule has 2 heteroatoms. The molecule has 0 saturated heterocycles. The van der Waals surface area contributed by atoms with Gasteiger partial charge in [-0.1, -0.05) is 32.0 Å². The summed E-state index contributed by atoms with van der Waals surface area (Å²) in [5.74, 6) is 0.208. The fourth-order valence-electron chi connectivity index (χ4n) is 1.82. The van der Waals surface area contributed by atoms with Crippen molar-refractivity contribution in [2.24, 2.45) is 0 Å². The lowest BCUT2D eigenvalue weighted by atomic mass is 9.96. The minimum atomic E-state index is -0.221. The molecule has 0 aliphatic carbocycles. The Balaban J connectivity index is 2.48. The molecule has 88 valence electrons. The van der Waals surface area contributed by atoms with Gasteiger partial charge in [0.1, 0.15) is 5.82 Å². The summed E-state index contributed by atoms with van der Waals surface area (Å²) in [5, 5.41) is 0. The average molecular weight is 229 g/mol. The first-order valence-electron chi connectivity index (χ1n) is 5.72. The highest BCUT2D eigenvalue weighted by atomic mass is 19.1. The number of nitrogens with two attached hydrogens (primary N) is 1. The summed E-state index contributed by atoms with van der Waals surface area (Å²) in [5.41, 5.74) is 9.86. The number of benzene rings is 2. The number of anilines is 1. The second kappa shape index (κ2) is 4.58. The third-order valence-corrected chi connectivity index (χ3v) is 2.82. The molecule has 0 amide bonds. The molecule has 2 rings (SSSR count). The average Bonchev–Trinajstić information content (AvgIpc) is 2.29. The molecule has 2 N–H and O–H groups in total. The molecule has 17 heavy (non-hydrogen) atoms. The maximum absolute atomic E-state index is 12.9. The molecule has 0 aliphatic heterocycles. The third-order valence-electron chi connectivity index (χ3n) is 2.82. The number of nitrogen functional groups attached to an aromatic ring is 1. The predicted molar refractivity (Wildman–Crippen MR) is 70.3 cm³/mol. The molecule has 0 bridgehead atoms. The van der Waals surface area contributed by atoms with Crippen LogP contribution in [-0.4, -0.2) is 0 Å². The van der Waals surface area contributed by atoms with E-state index in [0.29, 0.717) is 5.92 Å². The predicted octanol–water partition coefficient (Wildman–Crippen LogP) is 4.20. The molecule has 1 nitrogen and oxygen atoms in total. The minimum absolute atomic E-state index is 0.221. The molecule has 0 aromatic heterocycles. The third kappa shape index (κ3) is 2.64. The van der Waals surface area contributed by atoms with Crippen LogP contribution >= 0.6 is 0 Å². The highest BCUT2D eigenvalue weighted by Gasteiger charge is 2.05. The Labute approximate surface area is 101 Å². The maximum atomic E-state index is 12.9. The van der Waals surface area contributed by atoms with E-state index in [0.717, 1.165) is 16.8 Å². The summed E-state index contributed by atoms with van der Waals surface area (Å²) in [6.07, 6.45) is 0. The topological polar surface area (TPSA) is 26.0 Å². The lowest BCUT2D eigenvalue weighted by Crippen LogP contribution is -1.93. The van der Waals surface area contributed by atoms with Gasteiger partial charge in [0.25, 0.3) is 0 Å². The lowest BCUT2D eigenvalue weighted by Gasteiger charge is -2.10. The molecule has 0 atom stereocenters. The van der Waals surface area contributed by atoms with Crippen LogP contribution in [-0.2, 0) is 0 Å². The van der Waals surface area contributed by atoms with Gasteiger partial charge in [0, 0.05) is 5.69 Å². The van der Waals surface area contributed by atoms with E-state index in [1.54, 1.807) is 12.1 Å². The molecule has 0 heterocycles. The van der Waals surface area contributed by atoms with E-state index >= 15 is 0 Å². The van der Waals surface area contributed by atoms with Gasteiger partial charge in [-0.15, -0.1) is 0 Å². The number of halogens is 1. The van der Waals surface area contributed by atoms with Gasteiger partial charge in [-0.25, -0.2) is 4.39 Å². The summed E-state index contributed by atoms with van der Waals surface area (Å²) in [7, 11) is 0. The first kappa shape index (κ1) is 11.6. The van der Waals surface area contributed by atoms with Gasteiger partial charge in [0.15, 0.2) is 0 Å². The quantitative estimate of drug-likeness (QED) is 0.767. The summed E-state index contributed by atoms with van der Waals surface area (Å²) in [4.78, 5) is 0. The maximum Gasteiger partial charge on any atom is 0.123 e. The Kier molecular flexibility index (Phi) is 3.14. The number of rotatable bonds is 2. The zero-order chi connectivity index (χ0) is 12.4. The van der Waals surface area contributed by atoms with Crippen LogP contribution in [0.5, 0.6) is 0 Å². The standard InChI is InChI=1S/C15H16FN/c1-10(2)12-7-13(9-15(17)8-12)11-3-5-14(16)6-4-11/h3-10H,17H2,1-2H3. The van der Waals surface area contributed by atoms with E-state index < -0.39 is 0 Å². The van der Waals surface area contributed by atoms with Gasteiger partial charge in [0.2, 0.25) is 0 Å². The van der Waals surface area contributed by atoms with E-state index in [4.69, 9.17) is 5.73 Å². The molecular weight excluding hydrogens is 213 g/mol. The molecule has 0 radical (unpaired) electrons. The van der Waals surface area contributed by atoms with Crippen molar-refractivity contribution >= 4 is 5.69 Å². The van der Waals surface area contributed by atoms with Crippen LogP contribution in [0.3, 0.4) is 0 Å². The molecule has 0 spiro atoms. The lowest BCUT2D eigenvalue weighted by molar-refractivity contribution is 0.628. The van der Waals surface area contributed by atoms with Crippen molar-refractivity contribution in [3.05, 3.63) is 53.8 Å². The van der Waals surface area contributed by atoms with Crippen molar-refractivity contribution in [1.29, 1.82) is 0 Å². The van der Waals surface area contributed by atoms with Crippen LogP contribution in [0.2, 0.25) is 0 Å². The summed E-state index contributed by atoms with van der Waals surface area (Å²) in [6.45, 7) is 4.26. The minimum Gasteiger partial charge on any atom is -0.399 e. The Hall–Kier alpha value is -1.83. The fourth-order valence-corrected chi connectivity index (χ4v) is 1.82. The van der Waals surface area contributed by atoms with Crippen LogP contribution in [0, 0.1) is 5.82 Å². The van der Waals surface area contributed by atoms with Gasteiger partial charge in [0.05, 0.1) is 0 Å². The molecule has 0 aliphatic rings. The number of hydrogen-bond donors (Lipinski definition) is 1. The van der Waals surface area contributed by atoms with Gasteiger partial charge < -0.3 is 5.73 Å². The van der Waals surface area contributed by atoms with Crippen molar-refractivity contribution in [3.8, 4) is 11.1 Å². The summed E-state index contributed by atoms with van der Waals surface area (Å²) in [6, 6.07) is 12.5. The van der Waals surface area contributed by atoms with Crippen molar-refractivity contribution in [2.45, 2.75) is 19.8 Å². The van der Waals surface area contributed by atoms with Crippen molar-refractivity contribution in [3.63, 3.8) is 0 Å². The highest BCUT2D eigenvalue weighted by molar-refractivity contribution is 5.68. The van der Waals surface area contributed by atoms with Crippen LogP contribution in [0.4, 0.5) is 10.1 Å². The van der Waals surface area contributed by atoms with E-state index in [-0.39, 0.29) is 5.82 Å². The van der Waals surface area contributed by atoms with Gasteiger partial charge in [-0.05, 0) is 46.9 Å². The first-order valence-corrected chi connectivity index (χ1v) is 5.72. The van der Waals surface area contributed by atoms with Crippen molar-refractivity contribution in [2.75, 3.05) is 5.73 Å². The number of hydrogen-bond acceptors (Lipinski definition) is 1. The van der Waals surface area contributed by atoms with Crippen LogP contribution in [0.15, 0.2) is 42.5 Å². The Morgan fingerprint density at radius 3 is 2.18 bits per heavy atom. The Morgan fingerprint density at radius 1 is 0.941 bits per heavy atom. The molecular formula is C15H16FN. The second-order valence-corrected chi connectivity index (χ2v) is 4.55. The van der Waals surface area contributed by atoms with E-state index in [1.807, 2.05) is 12.1 Å². The van der Waals surface area contributed by atoms with Gasteiger partial charge in [-0.2, -0.15) is 0 Å². The van der Waals surface area contributed by atoms with Crippen molar-refractivity contribution in [1.82, 2.24) is 0 Å². The zero-order valence-corrected chi connectivity index (χ0v) is 10.1. The van der Waals surface area contributed by atoms with E-state index in [9.17, 15) is 4.39 Å². The van der Waals surface area contributed by atoms with Crippen LogP contribution in [0.1, 0.15) is 25.3 Å². The highest BCUT2D eigenvalue weighted by Crippen LogP contribution is 2.27. The normalized spacial score (nSPS) is 10.8. The van der Waals surface area contributed by atoms with Crippen LogP contribution in [0.25, 0.3) is 11.1 Å².